The Balaban J connectivity index is 2.25. The molecule has 2 aromatic carbocycles. The van der Waals surface area contributed by atoms with Crippen molar-refractivity contribution in [3.8, 4) is 11.5 Å². The molecule has 0 fully saturated rings. The third-order valence-electron chi connectivity index (χ3n) is 2.25. The van der Waals surface area contributed by atoms with Crippen molar-refractivity contribution >= 4 is 64.6 Å². The van der Waals surface area contributed by atoms with Crippen LogP contribution < -0.4 is 9.05 Å². The molecule has 0 aliphatic rings. The molecule has 0 heterocycles. The molecular formula is C12H6Cl5O3P. The number of rotatable bonds is 4. The molecule has 2 rings (SSSR count). The summed E-state index contributed by atoms with van der Waals surface area (Å²) >= 11 is 29.2. The van der Waals surface area contributed by atoms with Crippen LogP contribution in [0.3, 0.4) is 0 Å². The molecule has 3 nitrogen and oxygen atoms in total. The highest BCUT2D eigenvalue weighted by Crippen LogP contribution is 2.56. The van der Waals surface area contributed by atoms with Crippen molar-refractivity contribution in [2.45, 2.75) is 0 Å². The molecule has 0 amide bonds. The molecule has 9 heteroatoms. The Bertz CT molecular complexity index is 665. The summed E-state index contributed by atoms with van der Waals surface area (Å²) in [5.74, 6) is 0.0568. The second kappa shape index (κ2) is 6.87. The Labute approximate surface area is 145 Å². The lowest BCUT2D eigenvalue weighted by Crippen LogP contribution is -1.96. The topological polar surface area (TPSA) is 35.5 Å². The van der Waals surface area contributed by atoms with E-state index >= 15 is 0 Å². The van der Waals surface area contributed by atoms with Gasteiger partial charge < -0.3 is 9.05 Å². The zero-order chi connectivity index (χ0) is 15.6. The van der Waals surface area contributed by atoms with Gasteiger partial charge >= 0.3 is 6.95 Å². The van der Waals surface area contributed by atoms with Crippen LogP contribution in [0.5, 0.6) is 11.5 Å². The fraction of sp³-hybridized carbons (Fsp3) is 0. The maximum atomic E-state index is 12.2. The summed E-state index contributed by atoms with van der Waals surface area (Å²) in [5.41, 5.74) is 0. The average molecular weight is 406 g/mol. The predicted octanol–water partition coefficient (Wildman–Crippen LogP) is 7.10. The fourth-order valence-corrected chi connectivity index (χ4v) is 3.39. The van der Waals surface area contributed by atoms with Gasteiger partial charge in [0.15, 0.2) is 11.5 Å². The van der Waals surface area contributed by atoms with Crippen LogP contribution in [0.25, 0.3) is 0 Å². The molecule has 0 bridgehead atoms. The second-order valence-electron chi connectivity index (χ2n) is 3.72. The van der Waals surface area contributed by atoms with Crippen molar-refractivity contribution in [3.63, 3.8) is 0 Å². The Kier molecular flexibility index (Phi) is 5.59. The average Bonchev–Trinajstić information content (AvgIpc) is 2.40. The Hall–Kier alpha value is -0.280. The van der Waals surface area contributed by atoms with Gasteiger partial charge in [-0.2, -0.15) is 0 Å². The Morgan fingerprint density at radius 2 is 1.14 bits per heavy atom. The lowest BCUT2D eigenvalue weighted by atomic mass is 10.3. The second-order valence-corrected chi connectivity index (χ2v) is 7.76. The predicted molar refractivity (Wildman–Crippen MR) is 87.6 cm³/mol. The van der Waals surface area contributed by atoms with E-state index in [-0.39, 0.29) is 31.6 Å². The maximum Gasteiger partial charge on any atom is 0.530 e. The fourth-order valence-electron chi connectivity index (χ4n) is 1.36. The Morgan fingerprint density at radius 1 is 0.762 bits per heavy atom. The molecule has 0 spiro atoms. The molecule has 0 aliphatic heterocycles. The highest BCUT2D eigenvalue weighted by Gasteiger charge is 2.27. The number of hydrogen-bond donors (Lipinski definition) is 0. The first-order chi connectivity index (χ1) is 9.80. The molecule has 0 N–H and O–H groups in total. The minimum absolute atomic E-state index is 0.0284. The molecule has 0 atom stereocenters. The van der Waals surface area contributed by atoms with E-state index < -0.39 is 6.95 Å². The summed E-state index contributed by atoms with van der Waals surface area (Å²) in [5, 5.41) is 0.597. The van der Waals surface area contributed by atoms with Gasteiger partial charge in [0.05, 0.1) is 10.0 Å². The summed E-state index contributed by atoms with van der Waals surface area (Å²) in [6.07, 6.45) is 0. The standard InChI is InChI=1S/C12H6Cl5O3P/c13-7-3-1-5-9(11(7)15)19-21(17,18)20-10-6-2-4-8(14)12(10)16/h1-6H. The molecule has 21 heavy (non-hydrogen) atoms. The zero-order valence-corrected chi connectivity index (χ0v) is 14.7. The minimum atomic E-state index is -4.04. The molecule has 112 valence electrons. The van der Waals surface area contributed by atoms with E-state index in [0.717, 1.165) is 0 Å². The van der Waals surface area contributed by atoms with E-state index in [2.05, 4.69) is 0 Å². The molecule has 0 saturated heterocycles. The molecule has 0 saturated carbocycles. The van der Waals surface area contributed by atoms with Crippen molar-refractivity contribution in [3.05, 3.63) is 56.5 Å². The van der Waals surface area contributed by atoms with Gasteiger partial charge in [0.25, 0.3) is 0 Å². The van der Waals surface area contributed by atoms with E-state index in [1.807, 2.05) is 0 Å². The highest BCUT2D eigenvalue weighted by atomic mass is 35.7. The van der Waals surface area contributed by atoms with Crippen LogP contribution in [0.15, 0.2) is 36.4 Å². The van der Waals surface area contributed by atoms with E-state index in [0.29, 0.717) is 0 Å². The van der Waals surface area contributed by atoms with E-state index in [4.69, 9.17) is 66.7 Å². The first-order valence-electron chi connectivity index (χ1n) is 5.37. The van der Waals surface area contributed by atoms with Gasteiger partial charge in [0.2, 0.25) is 0 Å². The first-order valence-corrected chi connectivity index (χ1v) is 9.33. The van der Waals surface area contributed by atoms with Gasteiger partial charge in [-0.15, -0.1) is 0 Å². The lowest BCUT2D eigenvalue weighted by Gasteiger charge is -2.15. The van der Waals surface area contributed by atoms with Gasteiger partial charge in [0.1, 0.15) is 10.0 Å². The zero-order valence-electron chi connectivity index (χ0n) is 10.0. The van der Waals surface area contributed by atoms with Crippen molar-refractivity contribution in [2.75, 3.05) is 0 Å². The van der Waals surface area contributed by atoms with E-state index in [9.17, 15) is 4.57 Å². The first kappa shape index (κ1) is 17.1. The largest absolute Gasteiger partial charge is 0.530 e. The Morgan fingerprint density at radius 3 is 1.52 bits per heavy atom. The third kappa shape index (κ3) is 4.35. The quantitative estimate of drug-likeness (QED) is 0.508. The number of halogens is 5. The van der Waals surface area contributed by atoms with Crippen molar-refractivity contribution < 1.29 is 13.6 Å². The van der Waals surface area contributed by atoms with Crippen molar-refractivity contribution in [1.29, 1.82) is 0 Å². The van der Waals surface area contributed by atoms with Crippen LogP contribution in [0.1, 0.15) is 0 Å². The summed E-state index contributed by atoms with van der Waals surface area (Å²) < 4.78 is 22.4. The maximum absolute atomic E-state index is 12.2. The van der Waals surface area contributed by atoms with Gasteiger partial charge in [-0.3, -0.25) is 0 Å². The van der Waals surface area contributed by atoms with Crippen molar-refractivity contribution in [2.24, 2.45) is 0 Å². The van der Waals surface area contributed by atoms with Crippen LogP contribution in [0.2, 0.25) is 20.1 Å². The van der Waals surface area contributed by atoms with Crippen LogP contribution in [-0.2, 0) is 4.57 Å². The molecule has 0 radical (unpaired) electrons. The third-order valence-corrected chi connectivity index (χ3v) is 5.09. The smallest absolute Gasteiger partial charge is 0.403 e. The highest BCUT2D eigenvalue weighted by molar-refractivity contribution is 7.82. The van der Waals surface area contributed by atoms with Gasteiger partial charge in [-0.25, -0.2) is 4.57 Å². The minimum Gasteiger partial charge on any atom is -0.403 e. The summed E-state index contributed by atoms with van der Waals surface area (Å²) in [7, 11) is 0. The van der Waals surface area contributed by atoms with E-state index in [1.54, 1.807) is 24.3 Å². The SMILES string of the molecule is O=P(Cl)(Oc1cccc(Cl)c1Cl)Oc1cccc(Cl)c1Cl. The number of benzene rings is 2. The van der Waals surface area contributed by atoms with Crippen LogP contribution in [0.4, 0.5) is 0 Å². The normalized spacial score (nSPS) is 11.3. The van der Waals surface area contributed by atoms with Gasteiger partial charge in [0, 0.05) is 11.2 Å². The molecule has 2 aromatic rings. The lowest BCUT2D eigenvalue weighted by molar-refractivity contribution is 0.406. The van der Waals surface area contributed by atoms with Gasteiger partial charge in [-0.05, 0) is 24.3 Å². The molecule has 0 unspecified atom stereocenters. The van der Waals surface area contributed by atoms with Gasteiger partial charge in [-0.1, -0.05) is 58.5 Å². The molecule has 0 aliphatic carbocycles. The van der Waals surface area contributed by atoms with Crippen molar-refractivity contribution in [1.82, 2.24) is 0 Å². The summed E-state index contributed by atoms with van der Waals surface area (Å²) in [6, 6.07) is 9.12. The molecular weight excluding hydrogens is 400 g/mol. The van der Waals surface area contributed by atoms with Crippen LogP contribution >= 0.6 is 64.6 Å². The number of hydrogen-bond acceptors (Lipinski definition) is 3. The van der Waals surface area contributed by atoms with Crippen LogP contribution in [-0.4, -0.2) is 0 Å². The monoisotopic (exact) mass is 404 g/mol. The molecule has 0 aromatic heterocycles. The van der Waals surface area contributed by atoms with E-state index in [1.165, 1.54) is 12.1 Å². The summed E-state index contributed by atoms with van der Waals surface area (Å²) in [6.45, 7) is -4.04. The van der Waals surface area contributed by atoms with Crippen LogP contribution in [0, 0.1) is 0 Å². The summed E-state index contributed by atoms with van der Waals surface area (Å²) in [4.78, 5) is 0.